The fourth-order valence-corrected chi connectivity index (χ4v) is 3.71. The highest BCUT2D eigenvalue weighted by molar-refractivity contribution is 6.34. The lowest BCUT2D eigenvalue weighted by atomic mass is 10.1. The molecule has 3 aromatic rings. The minimum Gasteiger partial charge on any atom is -0.496 e. The third kappa shape index (κ3) is 4.93. The van der Waals surface area contributed by atoms with Crippen LogP contribution in [0.5, 0.6) is 17.2 Å². The Hall–Kier alpha value is -3.66. The smallest absolute Gasteiger partial charge is 0.319 e. The zero-order valence-electron chi connectivity index (χ0n) is 18.6. The lowest BCUT2D eigenvalue weighted by Crippen LogP contribution is -2.30. The third-order valence-electron chi connectivity index (χ3n) is 5.67. The van der Waals surface area contributed by atoms with E-state index in [0.29, 0.717) is 16.7 Å². The first-order chi connectivity index (χ1) is 16.8. The van der Waals surface area contributed by atoms with E-state index in [-0.39, 0.29) is 35.0 Å². The second-order valence-electron chi connectivity index (χ2n) is 8.46. The highest BCUT2D eigenvalue weighted by Gasteiger charge is 2.27. The van der Waals surface area contributed by atoms with E-state index in [1.807, 2.05) is 0 Å². The summed E-state index contributed by atoms with van der Waals surface area (Å²) < 4.78 is 40.9. The van der Waals surface area contributed by atoms with Crippen molar-refractivity contribution in [2.75, 3.05) is 12.4 Å². The molecular weight excluding hydrogens is 482 g/mol. The van der Waals surface area contributed by atoms with Crippen LogP contribution in [0.25, 0.3) is 10.9 Å². The van der Waals surface area contributed by atoms with E-state index in [9.17, 15) is 14.0 Å². The number of amides is 3. The summed E-state index contributed by atoms with van der Waals surface area (Å²) in [5, 5.41) is 7.72. The molecule has 0 bridgehead atoms. The highest BCUT2D eigenvalue weighted by Crippen LogP contribution is 2.39. The van der Waals surface area contributed by atoms with Gasteiger partial charge in [0.1, 0.15) is 16.5 Å². The number of hydrogen-bond donors (Lipinski definition) is 3. The van der Waals surface area contributed by atoms with Gasteiger partial charge in [0.2, 0.25) is 0 Å². The Balaban J connectivity index is 1.48. The number of aromatic nitrogens is 1. The maximum Gasteiger partial charge on any atom is 0.319 e. The number of fused-ring (bicyclic) bond motifs is 1. The maximum absolute atomic E-state index is 15.0. The van der Waals surface area contributed by atoms with Crippen molar-refractivity contribution in [2.45, 2.75) is 37.8 Å². The molecule has 0 atom stereocenters. The molecule has 1 aromatic heterocycles. The Bertz CT molecular complexity index is 1350. The topological polar surface area (TPSA) is 102 Å². The molecular formula is C24H21ClF2N4O4. The van der Waals surface area contributed by atoms with Crippen LogP contribution in [-0.4, -0.2) is 36.1 Å². The summed E-state index contributed by atoms with van der Waals surface area (Å²) in [6.45, 7) is 0. The molecule has 0 aliphatic heterocycles. The molecule has 2 aromatic carbocycles. The summed E-state index contributed by atoms with van der Waals surface area (Å²) in [6, 6.07) is 4.93. The number of methoxy groups -OCH3 is 1. The summed E-state index contributed by atoms with van der Waals surface area (Å²) >= 11 is 6.07. The van der Waals surface area contributed by atoms with Crippen molar-refractivity contribution in [3.63, 3.8) is 0 Å². The van der Waals surface area contributed by atoms with Crippen molar-refractivity contribution >= 4 is 40.1 Å². The Labute approximate surface area is 203 Å². The lowest BCUT2D eigenvalue weighted by Gasteiger charge is -2.15. The monoisotopic (exact) mass is 502 g/mol. The first-order valence-electron chi connectivity index (χ1n) is 11.0. The van der Waals surface area contributed by atoms with Crippen LogP contribution in [0, 0.1) is 11.6 Å². The van der Waals surface area contributed by atoms with Gasteiger partial charge in [0.25, 0.3) is 5.91 Å². The fourth-order valence-electron chi connectivity index (χ4n) is 3.52. The van der Waals surface area contributed by atoms with E-state index in [1.54, 1.807) is 6.07 Å². The van der Waals surface area contributed by atoms with Crippen LogP contribution in [0.1, 0.15) is 36.0 Å². The van der Waals surface area contributed by atoms with Gasteiger partial charge in [-0.1, -0.05) is 11.6 Å². The second-order valence-corrected chi connectivity index (χ2v) is 8.84. The van der Waals surface area contributed by atoms with Crippen LogP contribution in [0.2, 0.25) is 5.02 Å². The van der Waals surface area contributed by atoms with Crippen LogP contribution >= 0.6 is 11.6 Å². The van der Waals surface area contributed by atoms with Crippen molar-refractivity contribution < 1.29 is 27.8 Å². The number of nitrogens with one attached hydrogen (secondary N) is 3. The summed E-state index contributed by atoms with van der Waals surface area (Å²) in [4.78, 5) is 28.9. The summed E-state index contributed by atoms with van der Waals surface area (Å²) in [5.41, 5.74) is 0.407. The van der Waals surface area contributed by atoms with Gasteiger partial charge in [0.15, 0.2) is 17.4 Å². The Morgan fingerprint density at radius 1 is 1.06 bits per heavy atom. The maximum atomic E-state index is 15.0. The number of pyridine rings is 1. The molecule has 0 unspecified atom stereocenters. The van der Waals surface area contributed by atoms with Crippen LogP contribution in [0.15, 0.2) is 30.5 Å². The molecule has 11 heteroatoms. The number of hydrogen-bond acceptors (Lipinski definition) is 5. The number of anilines is 1. The van der Waals surface area contributed by atoms with Crippen molar-refractivity contribution in [3.8, 4) is 17.2 Å². The molecule has 35 heavy (non-hydrogen) atoms. The van der Waals surface area contributed by atoms with Crippen LogP contribution < -0.4 is 25.4 Å². The van der Waals surface area contributed by atoms with E-state index < -0.39 is 28.4 Å². The van der Waals surface area contributed by atoms with Crippen molar-refractivity contribution in [1.29, 1.82) is 0 Å². The number of benzene rings is 2. The number of carbonyl (C=O) groups excluding carboxylic acids is 2. The molecule has 2 aliphatic carbocycles. The van der Waals surface area contributed by atoms with E-state index >= 15 is 4.39 Å². The minimum atomic E-state index is -1.18. The summed E-state index contributed by atoms with van der Waals surface area (Å²) in [5.74, 6) is -2.98. The van der Waals surface area contributed by atoms with Gasteiger partial charge in [0, 0.05) is 35.8 Å². The van der Waals surface area contributed by atoms with Gasteiger partial charge in [0.05, 0.1) is 23.9 Å². The first-order valence-corrected chi connectivity index (χ1v) is 11.4. The summed E-state index contributed by atoms with van der Waals surface area (Å²) in [7, 11) is 1.43. The molecule has 182 valence electrons. The quantitative estimate of drug-likeness (QED) is 0.388. The highest BCUT2D eigenvalue weighted by atomic mass is 35.5. The standard InChI is InChI=1S/C24H21ClF2N4O4/c1-34-19-10-16-13(8-14(19)23(32)29-11-2-3-11)18(6-7-28-16)35-22-15(26)9-17(20(25)21(22)27)31-24(33)30-12-4-5-12/h6-12H,2-5H2,1H3,(H,29,32)(H2,30,31,33). The molecule has 2 aliphatic rings. The molecule has 3 N–H and O–H groups in total. The minimum absolute atomic E-state index is 0.0548. The van der Waals surface area contributed by atoms with E-state index in [1.165, 1.54) is 25.4 Å². The third-order valence-corrected chi connectivity index (χ3v) is 6.04. The number of carbonyl (C=O) groups is 2. The normalized spacial score (nSPS) is 15.0. The summed E-state index contributed by atoms with van der Waals surface area (Å²) in [6.07, 6.45) is 4.92. The number of urea groups is 1. The Kier molecular flexibility index (Phi) is 6.06. The number of nitrogens with zero attached hydrogens (tertiary/aromatic N) is 1. The predicted octanol–water partition coefficient (Wildman–Crippen LogP) is 5.14. The van der Waals surface area contributed by atoms with Gasteiger partial charge in [-0.3, -0.25) is 9.78 Å². The molecule has 0 radical (unpaired) electrons. The molecule has 5 rings (SSSR count). The SMILES string of the molecule is COc1cc2nccc(Oc3c(F)cc(NC(=O)NC4CC4)c(Cl)c3F)c2cc1C(=O)NC1CC1. The molecule has 3 amide bonds. The second kappa shape index (κ2) is 9.18. The predicted molar refractivity (Wildman–Crippen MR) is 125 cm³/mol. The zero-order chi connectivity index (χ0) is 24.7. The number of rotatable bonds is 7. The van der Waals surface area contributed by atoms with Crippen LogP contribution in [-0.2, 0) is 0 Å². The average molecular weight is 503 g/mol. The van der Waals surface area contributed by atoms with E-state index in [2.05, 4.69) is 20.9 Å². The van der Waals surface area contributed by atoms with E-state index in [4.69, 9.17) is 21.1 Å². The van der Waals surface area contributed by atoms with Gasteiger partial charge in [-0.2, -0.15) is 0 Å². The average Bonchev–Trinajstić information content (AvgIpc) is 3.77. The van der Waals surface area contributed by atoms with Gasteiger partial charge < -0.3 is 25.4 Å². The van der Waals surface area contributed by atoms with Crippen molar-refractivity contribution in [3.05, 3.63) is 52.7 Å². The molecule has 2 fully saturated rings. The van der Waals surface area contributed by atoms with Gasteiger partial charge >= 0.3 is 6.03 Å². The van der Waals surface area contributed by atoms with Crippen molar-refractivity contribution in [1.82, 2.24) is 15.6 Å². The number of ether oxygens (including phenoxy) is 2. The number of halogens is 3. The molecule has 2 saturated carbocycles. The fraction of sp³-hybridized carbons (Fsp3) is 0.292. The molecule has 0 spiro atoms. The molecule has 1 heterocycles. The molecule has 8 nitrogen and oxygen atoms in total. The zero-order valence-corrected chi connectivity index (χ0v) is 19.3. The Morgan fingerprint density at radius 3 is 2.46 bits per heavy atom. The lowest BCUT2D eigenvalue weighted by molar-refractivity contribution is 0.0948. The van der Waals surface area contributed by atoms with Gasteiger partial charge in [-0.05, 0) is 37.8 Å². The van der Waals surface area contributed by atoms with E-state index in [0.717, 1.165) is 31.7 Å². The van der Waals surface area contributed by atoms with Gasteiger partial charge in [-0.15, -0.1) is 0 Å². The largest absolute Gasteiger partial charge is 0.496 e. The van der Waals surface area contributed by atoms with Crippen LogP contribution in [0.4, 0.5) is 19.3 Å². The van der Waals surface area contributed by atoms with Crippen molar-refractivity contribution in [2.24, 2.45) is 0 Å². The van der Waals surface area contributed by atoms with Gasteiger partial charge in [-0.25, -0.2) is 13.6 Å². The Morgan fingerprint density at radius 2 is 1.77 bits per heavy atom. The molecule has 0 saturated heterocycles. The van der Waals surface area contributed by atoms with Crippen LogP contribution in [0.3, 0.4) is 0 Å². The first kappa shape index (κ1) is 23.1.